The predicted octanol–water partition coefficient (Wildman–Crippen LogP) is 3.27. The maximum Gasteiger partial charge on any atom is 0.412 e. The van der Waals surface area contributed by atoms with Gasteiger partial charge in [0.25, 0.3) is 0 Å². The van der Waals surface area contributed by atoms with Gasteiger partial charge in [-0.2, -0.15) is 0 Å². The maximum absolute atomic E-state index is 13.8. The number of carbonyl (C=O) groups excluding carboxylic acids is 2. The average Bonchev–Trinajstić information content (AvgIpc) is 2.24. The molecule has 0 atom stereocenters. The third-order valence-corrected chi connectivity index (χ3v) is 2.32. The molecule has 0 aliphatic carbocycles. The molecule has 0 heterocycles. The Kier molecular flexibility index (Phi) is 4.70. The molecule has 20 heavy (non-hydrogen) atoms. The smallest absolute Gasteiger partial charge is 0.412 e. The van der Waals surface area contributed by atoms with Crippen molar-refractivity contribution >= 4 is 17.7 Å². The Morgan fingerprint density at radius 3 is 2.30 bits per heavy atom. The number of hydrogen-bond donors (Lipinski definition) is 1. The Bertz CT molecular complexity index is 511. The number of amides is 1. The Labute approximate surface area is 117 Å². The van der Waals surface area contributed by atoms with Crippen LogP contribution in [0.25, 0.3) is 0 Å². The summed E-state index contributed by atoms with van der Waals surface area (Å²) in [5.41, 5.74) is -0.226. The van der Waals surface area contributed by atoms with E-state index >= 15 is 0 Å². The molecule has 0 aliphatic heterocycles. The van der Waals surface area contributed by atoms with Crippen molar-refractivity contribution in [2.45, 2.75) is 33.3 Å². The molecule has 6 heteroatoms. The van der Waals surface area contributed by atoms with E-state index in [-0.39, 0.29) is 11.3 Å². The molecular weight excluding hydrogens is 265 g/mol. The zero-order valence-electron chi connectivity index (χ0n) is 12.2. The van der Waals surface area contributed by atoms with Crippen LogP contribution in [0.2, 0.25) is 0 Å². The molecule has 1 aromatic rings. The molecule has 0 saturated carbocycles. The van der Waals surface area contributed by atoms with Gasteiger partial charge in [0.1, 0.15) is 11.4 Å². The highest BCUT2D eigenvalue weighted by Gasteiger charge is 2.19. The number of benzene rings is 1. The van der Waals surface area contributed by atoms with Crippen molar-refractivity contribution in [1.82, 2.24) is 0 Å². The van der Waals surface area contributed by atoms with Crippen LogP contribution in [0.4, 0.5) is 14.9 Å². The molecule has 0 radical (unpaired) electrons. The summed E-state index contributed by atoms with van der Waals surface area (Å²) in [6.45, 7) is 6.71. The highest BCUT2D eigenvalue weighted by molar-refractivity contribution is 5.93. The van der Waals surface area contributed by atoms with Crippen LogP contribution in [-0.4, -0.2) is 24.8 Å². The second kappa shape index (κ2) is 5.90. The lowest BCUT2D eigenvalue weighted by Gasteiger charge is -2.20. The summed E-state index contributed by atoms with van der Waals surface area (Å²) in [4.78, 5) is 23.0. The second-order valence-corrected chi connectivity index (χ2v) is 5.27. The van der Waals surface area contributed by atoms with Crippen molar-refractivity contribution in [3.05, 3.63) is 29.1 Å². The quantitative estimate of drug-likeness (QED) is 0.846. The number of anilines is 1. The Morgan fingerprint density at radius 2 is 1.85 bits per heavy atom. The van der Waals surface area contributed by atoms with Crippen LogP contribution in [-0.2, 0) is 9.47 Å². The number of rotatable bonds is 2. The van der Waals surface area contributed by atoms with Crippen molar-refractivity contribution in [2.75, 3.05) is 12.4 Å². The first-order valence-electron chi connectivity index (χ1n) is 6.02. The van der Waals surface area contributed by atoms with Crippen LogP contribution in [0.1, 0.15) is 36.7 Å². The normalized spacial score (nSPS) is 10.9. The van der Waals surface area contributed by atoms with E-state index in [1.165, 1.54) is 13.2 Å². The van der Waals surface area contributed by atoms with Crippen LogP contribution >= 0.6 is 0 Å². The van der Waals surface area contributed by atoms with Crippen LogP contribution in [0, 0.1) is 12.7 Å². The monoisotopic (exact) mass is 283 g/mol. The minimum Gasteiger partial charge on any atom is -0.465 e. The number of aryl methyl sites for hydroxylation is 1. The standard InChI is InChI=1S/C14H18FNO4/c1-8-6-9(16-13(18)20-14(2,3)4)7-10(15)11(8)12(17)19-5/h6-7H,1-5H3,(H,16,18). The van der Waals surface area contributed by atoms with Gasteiger partial charge in [-0.15, -0.1) is 0 Å². The first-order chi connectivity index (χ1) is 9.14. The largest absolute Gasteiger partial charge is 0.465 e. The van der Waals surface area contributed by atoms with Gasteiger partial charge < -0.3 is 9.47 Å². The zero-order chi connectivity index (χ0) is 15.5. The summed E-state index contributed by atoms with van der Waals surface area (Å²) in [6.07, 6.45) is -0.692. The molecule has 0 spiro atoms. The number of hydrogen-bond acceptors (Lipinski definition) is 4. The van der Waals surface area contributed by atoms with Gasteiger partial charge in [-0.1, -0.05) is 0 Å². The summed E-state index contributed by atoms with van der Waals surface area (Å²) in [5, 5.41) is 2.41. The van der Waals surface area contributed by atoms with Gasteiger partial charge in [0.2, 0.25) is 0 Å². The fourth-order valence-corrected chi connectivity index (χ4v) is 1.60. The molecule has 1 aromatic carbocycles. The van der Waals surface area contributed by atoms with Gasteiger partial charge in [0.05, 0.1) is 12.7 Å². The van der Waals surface area contributed by atoms with Crippen molar-refractivity contribution in [2.24, 2.45) is 0 Å². The average molecular weight is 283 g/mol. The topological polar surface area (TPSA) is 64.6 Å². The van der Waals surface area contributed by atoms with Crippen LogP contribution in [0.15, 0.2) is 12.1 Å². The lowest BCUT2D eigenvalue weighted by atomic mass is 10.1. The van der Waals surface area contributed by atoms with Crippen LogP contribution < -0.4 is 5.32 Å². The molecule has 1 N–H and O–H groups in total. The Morgan fingerprint density at radius 1 is 1.25 bits per heavy atom. The van der Waals surface area contributed by atoms with E-state index in [9.17, 15) is 14.0 Å². The fraction of sp³-hybridized carbons (Fsp3) is 0.429. The Hall–Kier alpha value is -2.11. The minimum atomic E-state index is -0.761. The first-order valence-corrected chi connectivity index (χ1v) is 6.02. The summed E-state index contributed by atoms with van der Waals surface area (Å²) in [6, 6.07) is 2.52. The van der Waals surface area contributed by atoms with E-state index < -0.39 is 23.5 Å². The molecule has 0 fully saturated rings. The third-order valence-electron chi connectivity index (χ3n) is 2.32. The highest BCUT2D eigenvalue weighted by atomic mass is 19.1. The summed E-state index contributed by atoms with van der Waals surface area (Å²) >= 11 is 0. The molecule has 0 aromatic heterocycles. The fourth-order valence-electron chi connectivity index (χ4n) is 1.60. The van der Waals surface area contributed by atoms with Gasteiger partial charge in [-0.3, -0.25) is 5.32 Å². The first kappa shape index (κ1) is 15.9. The number of nitrogens with one attached hydrogen (secondary N) is 1. The lowest BCUT2D eigenvalue weighted by Crippen LogP contribution is -2.27. The second-order valence-electron chi connectivity index (χ2n) is 5.27. The molecule has 0 bridgehead atoms. The van der Waals surface area contributed by atoms with E-state index in [4.69, 9.17) is 4.74 Å². The molecular formula is C14H18FNO4. The lowest BCUT2D eigenvalue weighted by molar-refractivity contribution is 0.0593. The SMILES string of the molecule is COC(=O)c1c(C)cc(NC(=O)OC(C)(C)C)cc1F. The summed E-state index contributed by atoms with van der Waals surface area (Å²) in [5.74, 6) is -1.52. The van der Waals surface area contributed by atoms with Crippen molar-refractivity contribution < 1.29 is 23.5 Å². The molecule has 1 amide bonds. The number of halogens is 1. The van der Waals surface area contributed by atoms with Crippen molar-refractivity contribution in [1.29, 1.82) is 0 Å². The highest BCUT2D eigenvalue weighted by Crippen LogP contribution is 2.21. The number of carbonyl (C=O) groups is 2. The van der Waals surface area contributed by atoms with E-state index in [0.29, 0.717) is 5.56 Å². The van der Waals surface area contributed by atoms with Crippen molar-refractivity contribution in [3.63, 3.8) is 0 Å². The summed E-state index contributed by atoms with van der Waals surface area (Å²) < 4.78 is 23.4. The number of methoxy groups -OCH3 is 1. The van der Waals surface area contributed by atoms with E-state index in [1.807, 2.05) is 0 Å². The minimum absolute atomic E-state index is 0.151. The van der Waals surface area contributed by atoms with Gasteiger partial charge in [-0.05, 0) is 45.4 Å². The van der Waals surface area contributed by atoms with Gasteiger partial charge in [0.15, 0.2) is 0 Å². The van der Waals surface area contributed by atoms with E-state index in [0.717, 1.165) is 6.07 Å². The molecule has 0 saturated heterocycles. The maximum atomic E-state index is 13.8. The van der Waals surface area contributed by atoms with Crippen molar-refractivity contribution in [3.8, 4) is 0 Å². The Balaban J connectivity index is 2.95. The molecule has 0 unspecified atom stereocenters. The number of ether oxygens (including phenoxy) is 2. The number of esters is 1. The molecule has 1 rings (SSSR count). The third kappa shape index (κ3) is 4.22. The molecule has 110 valence electrons. The van der Waals surface area contributed by atoms with Gasteiger partial charge in [-0.25, -0.2) is 14.0 Å². The van der Waals surface area contributed by atoms with Crippen LogP contribution in [0.5, 0.6) is 0 Å². The van der Waals surface area contributed by atoms with Crippen LogP contribution in [0.3, 0.4) is 0 Å². The molecule has 5 nitrogen and oxygen atoms in total. The summed E-state index contributed by atoms with van der Waals surface area (Å²) in [7, 11) is 1.17. The van der Waals surface area contributed by atoms with Gasteiger partial charge >= 0.3 is 12.1 Å². The molecule has 0 aliphatic rings. The van der Waals surface area contributed by atoms with Gasteiger partial charge in [0, 0.05) is 5.69 Å². The zero-order valence-corrected chi connectivity index (χ0v) is 12.2. The van der Waals surface area contributed by atoms with E-state index in [2.05, 4.69) is 10.1 Å². The van der Waals surface area contributed by atoms with E-state index in [1.54, 1.807) is 27.7 Å². The predicted molar refractivity (Wildman–Crippen MR) is 72.3 cm³/mol.